The number of nitrogen functional groups attached to an aromatic ring is 1. The fourth-order valence-corrected chi connectivity index (χ4v) is 1.64. The highest BCUT2D eigenvalue weighted by Gasteiger charge is 2.33. The number of rotatable bonds is 3. The molecule has 0 unspecified atom stereocenters. The number of hydrogen-bond donors (Lipinski definition) is 3. The van der Waals surface area contributed by atoms with Gasteiger partial charge >= 0.3 is 6.18 Å². The maximum atomic E-state index is 13.7. The molecule has 4 N–H and O–H groups in total. The molecule has 0 saturated carbocycles. The number of para-hydroxylation sites is 1. The molecule has 0 amide bonds. The summed E-state index contributed by atoms with van der Waals surface area (Å²) < 4.78 is 51.8. The van der Waals surface area contributed by atoms with Crippen molar-refractivity contribution in [3.05, 3.63) is 41.3 Å². The fraction of sp³-hybridized carbons (Fsp3) is 0.167. The summed E-state index contributed by atoms with van der Waals surface area (Å²) in [7, 11) is 0. The van der Waals surface area contributed by atoms with Gasteiger partial charge < -0.3 is 5.32 Å². The highest BCUT2D eigenvalue weighted by molar-refractivity contribution is 5.62. The van der Waals surface area contributed by atoms with Crippen LogP contribution < -0.4 is 16.6 Å². The summed E-state index contributed by atoms with van der Waals surface area (Å²) in [5.41, 5.74) is 1.30. The Balaban J connectivity index is 2.45. The zero-order chi connectivity index (χ0) is 15.6. The van der Waals surface area contributed by atoms with Crippen LogP contribution in [-0.2, 0) is 6.18 Å². The van der Waals surface area contributed by atoms with Gasteiger partial charge in [-0.05, 0) is 18.6 Å². The molecule has 0 aliphatic rings. The van der Waals surface area contributed by atoms with Crippen LogP contribution in [0.25, 0.3) is 0 Å². The topological polar surface area (TPSA) is 75.9 Å². The van der Waals surface area contributed by atoms with E-state index in [4.69, 9.17) is 5.84 Å². The van der Waals surface area contributed by atoms with Crippen LogP contribution in [0.1, 0.15) is 11.3 Å². The Hall–Kier alpha value is -2.42. The average molecular weight is 301 g/mol. The normalized spacial score (nSPS) is 11.3. The highest BCUT2D eigenvalue weighted by Crippen LogP contribution is 2.31. The summed E-state index contributed by atoms with van der Waals surface area (Å²) in [6.45, 7) is 1.61. The minimum Gasteiger partial charge on any atom is -0.337 e. The zero-order valence-electron chi connectivity index (χ0n) is 10.8. The second-order valence-corrected chi connectivity index (χ2v) is 4.16. The smallest absolute Gasteiger partial charge is 0.337 e. The number of aromatic nitrogens is 2. The van der Waals surface area contributed by atoms with Crippen LogP contribution in [0.15, 0.2) is 24.3 Å². The largest absolute Gasteiger partial charge is 0.433 e. The predicted octanol–water partition coefficient (Wildman–Crippen LogP) is 2.97. The molecule has 1 aromatic carbocycles. The monoisotopic (exact) mass is 301 g/mol. The van der Waals surface area contributed by atoms with Gasteiger partial charge in [0.15, 0.2) is 5.69 Å². The second kappa shape index (κ2) is 5.52. The molecule has 0 bridgehead atoms. The van der Waals surface area contributed by atoms with Crippen molar-refractivity contribution in [2.75, 3.05) is 10.7 Å². The molecule has 5 nitrogen and oxygen atoms in total. The molecule has 0 spiro atoms. The highest BCUT2D eigenvalue weighted by atomic mass is 19.4. The van der Waals surface area contributed by atoms with Gasteiger partial charge in [-0.2, -0.15) is 18.2 Å². The van der Waals surface area contributed by atoms with E-state index in [0.29, 0.717) is 11.6 Å². The van der Waals surface area contributed by atoms with E-state index in [1.54, 1.807) is 13.0 Å². The van der Waals surface area contributed by atoms with E-state index in [1.807, 2.05) is 5.43 Å². The van der Waals surface area contributed by atoms with Crippen LogP contribution in [-0.4, -0.2) is 9.97 Å². The van der Waals surface area contributed by atoms with Gasteiger partial charge in [0.25, 0.3) is 0 Å². The minimum atomic E-state index is -4.67. The number of hydrazine groups is 1. The van der Waals surface area contributed by atoms with Gasteiger partial charge in [0, 0.05) is 6.07 Å². The Morgan fingerprint density at radius 3 is 2.48 bits per heavy atom. The number of nitrogens with two attached hydrogens (primary N) is 1. The first-order valence-corrected chi connectivity index (χ1v) is 5.76. The average Bonchev–Trinajstić information content (AvgIpc) is 2.42. The fourth-order valence-electron chi connectivity index (χ4n) is 1.64. The van der Waals surface area contributed by atoms with Crippen LogP contribution in [0, 0.1) is 12.7 Å². The third-order valence-electron chi connectivity index (χ3n) is 2.62. The number of nitrogens with one attached hydrogen (secondary N) is 2. The molecule has 0 atom stereocenters. The molecule has 2 aromatic rings. The number of anilines is 3. The Morgan fingerprint density at radius 1 is 1.19 bits per heavy atom. The summed E-state index contributed by atoms with van der Waals surface area (Å²) in [5.74, 6) is 3.78. The second-order valence-electron chi connectivity index (χ2n) is 4.16. The van der Waals surface area contributed by atoms with Crippen LogP contribution in [0.2, 0.25) is 0 Å². The molecule has 1 heterocycles. The lowest BCUT2D eigenvalue weighted by Gasteiger charge is -2.13. The molecule has 0 fully saturated rings. The number of halogens is 4. The van der Waals surface area contributed by atoms with E-state index in [-0.39, 0.29) is 11.5 Å². The summed E-state index contributed by atoms with van der Waals surface area (Å²) >= 11 is 0. The molecule has 21 heavy (non-hydrogen) atoms. The van der Waals surface area contributed by atoms with Gasteiger partial charge in [-0.25, -0.2) is 15.2 Å². The van der Waals surface area contributed by atoms with Gasteiger partial charge in [0.05, 0.1) is 5.69 Å². The van der Waals surface area contributed by atoms with Gasteiger partial charge in [0.2, 0.25) is 5.95 Å². The Labute approximate surface area is 117 Å². The minimum absolute atomic E-state index is 0.0345. The Bertz CT molecular complexity index is 636. The summed E-state index contributed by atoms with van der Waals surface area (Å²) in [6.07, 6.45) is -4.67. The van der Waals surface area contributed by atoms with Gasteiger partial charge in [-0.3, -0.25) is 5.43 Å². The lowest BCUT2D eigenvalue weighted by atomic mass is 10.2. The number of hydrogen-bond acceptors (Lipinski definition) is 5. The van der Waals surface area contributed by atoms with Gasteiger partial charge in [-0.15, -0.1) is 0 Å². The van der Waals surface area contributed by atoms with Crippen molar-refractivity contribution < 1.29 is 17.6 Å². The molecule has 2 rings (SSSR count). The molecule has 9 heteroatoms. The lowest BCUT2D eigenvalue weighted by molar-refractivity contribution is -0.141. The van der Waals surface area contributed by atoms with Crippen molar-refractivity contribution in [1.29, 1.82) is 0 Å². The summed E-state index contributed by atoms with van der Waals surface area (Å²) in [5, 5.41) is 2.51. The van der Waals surface area contributed by atoms with Crippen molar-refractivity contribution >= 4 is 17.5 Å². The van der Waals surface area contributed by atoms with E-state index in [0.717, 1.165) is 0 Å². The first-order valence-electron chi connectivity index (χ1n) is 5.76. The Kier molecular flexibility index (Phi) is 3.94. The molecule has 0 aliphatic heterocycles. The van der Waals surface area contributed by atoms with E-state index in [9.17, 15) is 17.6 Å². The molecule has 0 aliphatic carbocycles. The lowest BCUT2D eigenvalue weighted by Crippen LogP contribution is -2.16. The number of nitrogens with zero attached hydrogens (tertiary/aromatic N) is 2. The number of alkyl halides is 3. The van der Waals surface area contributed by atoms with E-state index >= 15 is 0 Å². The summed E-state index contributed by atoms with van der Waals surface area (Å²) in [6, 6.07) is 4.96. The van der Waals surface area contributed by atoms with Crippen molar-refractivity contribution in [2.45, 2.75) is 13.1 Å². The molecule has 0 radical (unpaired) electrons. The first-order chi connectivity index (χ1) is 9.81. The third-order valence-corrected chi connectivity index (χ3v) is 2.62. The van der Waals surface area contributed by atoms with Crippen molar-refractivity contribution in [2.24, 2.45) is 5.84 Å². The van der Waals surface area contributed by atoms with Gasteiger partial charge in [0.1, 0.15) is 11.6 Å². The van der Waals surface area contributed by atoms with Gasteiger partial charge in [-0.1, -0.05) is 12.1 Å². The third kappa shape index (κ3) is 3.37. The maximum Gasteiger partial charge on any atom is 0.433 e. The molecule has 0 saturated heterocycles. The molecule has 112 valence electrons. The zero-order valence-corrected chi connectivity index (χ0v) is 10.8. The number of aryl methyl sites for hydroxylation is 1. The van der Waals surface area contributed by atoms with Crippen molar-refractivity contribution in [1.82, 2.24) is 9.97 Å². The van der Waals surface area contributed by atoms with Crippen LogP contribution in [0.3, 0.4) is 0 Å². The quantitative estimate of drug-likeness (QED) is 0.461. The summed E-state index contributed by atoms with van der Waals surface area (Å²) in [4.78, 5) is 6.92. The number of benzene rings is 1. The first kappa shape index (κ1) is 15.0. The van der Waals surface area contributed by atoms with Crippen molar-refractivity contribution in [3.8, 4) is 0 Å². The maximum absolute atomic E-state index is 13.7. The Morgan fingerprint density at radius 2 is 1.90 bits per heavy atom. The van der Waals surface area contributed by atoms with Crippen molar-refractivity contribution in [3.63, 3.8) is 0 Å². The van der Waals surface area contributed by atoms with Crippen LogP contribution in [0.5, 0.6) is 0 Å². The predicted molar refractivity (Wildman–Crippen MR) is 69.3 cm³/mol. The van der Waals surface area contributed by atoms with E-state index in [2.05, 4.69) is 15.3 Å². The molecule has 1 aromatic heterocycles. The van der Waals surface area contributed by atoms with Crippen LogP contribution >= 0.6 is 0 Å². The van der Waals surface area contributed by atoms with Crippen LogP contribution in [0.4, 0.5) is 35.0 Å². The molecular weight excluding hydrogens is 290 g/mol. The standard InChI is InChI=1S/C12H11F4N5/c1-6-3-2-4-7(13)10(6)19-9-5-8(12(14,15)16)18-11(20-9)21-17/h2-5H,17H2,1H3,(H2,18,19,20,21). The SMILES string of the molecule is Cc1cccc(F)c1Nc1cc(C(F)(F)F)nc(NN)n1. The van der Waals surface area contributed by atoms with E-state index in [1.165, 1.54) is 12.1 Å². The molecular formula is C12H11F4N5. The van der Waals surface area contributed by atoms with E-state index < -0.39 is 23.6 Å².